The molecule has 0 aliphatic carbocycles. The van der Waals surface area contributed by atoms with Crippen LogP contribution in [0, 0.1) is 6.92 Å². The lowest BCUT2D eigenvalue weighted by Gasteiger charge is -2.08. The first-order valence-electron chi connectivity index (χ1n) is 4.25. The Bertz CT molecular complexity index is 350. The molecule has 14 heavy (non-hydrogen) atoms. The maximum absolute atomic E-state index is 11.2. The topological polar surface area (TPSA) is 49.3 Å². The second-order valence-corrected chi connectivity index (χ2v) is 3.78. The number of halogens is 1. The Hall–Kier alpha value is -1.22. The van der Waals surface area contributed by atoms with E-state index < -0.39 is 5.38 Å². The number of phenols is 1. The Morgan fingerprint density at radius 2 is 2.21 bits per heavy atom. The molecule has 0 aromatic heterocycles. The van der Waals surface area contributed by atoms with Crippen LogP contribution in [0.1, 0.15) is 12.5 Å². The molecule has 0 radical (unpaired) electrons. The summed E-state index contributed by atoms with van der Waals surface area (Å²) in [5, 5.41) is 11.3. The van der Waals surface area contributed by atoms with Crippen LogP contribution in [-0.4, -0.2) is 16.4 Å². The average molecular weight is 214 g/mol. The number of carbonyl (C=O) groups excluding carboxylic acids is 1. The number of carbonyl (C=O) groups is 1. The molecular formula is C10H12ClNO2. The number of aromatic hydroxyl groups is 1. The zero-order valence-corrected chi connectivity index (χ0v) is 8.80. The number of anilines is 1. The minimum absolute atomic E-state index is 0.0428. The summed E-state index contributed by atoms with van der Waals surface area (Å²) in [6, 6.07) is 4.98. The van der Waals surface area contributed by atoms with Crippen molar-refractivity contribution in [2.24, 2.45) is 0 Å². The Kier molecular flexibility index (Phi) is 3.36. The highest BCUT2D eigenvalue weighted by molar-refractivity contribution is 6.32. The van der Waals surface area contributed by atoms with E-state index in [0.29, 0.717) is 5.69 Å². The van der Waals surface area contributed by atoms with Crippen LogP contribution in [0.2, 0.25) is 0 Å². The van der Waals surface area contributed by atoms with Crippen molar-refractivity contribution in [3.63, 3.8) is 0 Å². The Morgan fingerprint density at radius 3 is 2.79 bits per heavy atom. The van der Waals surface area contributed by atoms with Crippen LogP contribution >= 0.6 is 11.6 Å². The molecule has 2 N–H and O–H groups in total. The first-order valence-corrected chi connectivity index (χ1v) is 4.69. The summed E-state index contributed by atoms with van der Waals surface area (Å²) in [5.74, 6) is -0.283. The van der Waals surface area contributed by atoms with Crippen LogP contribution in [-0.2, 0) is 4.79 Å². The highest BCUT2D eigenvalue weighted by atomic mass is 35.5. The van der Waals surface area contributed by atoms with Gasteiger partial charge < -0.3 is 10.4 Å². The minimum atomic E-state index is -0.616. The number of rotatable bonds is 2. The summed E-state index contributed by atoms with van der Waals surface area (Å²) in [4.78, 5) is 11.2. The smallest absolute Gasteiger partial charge is 0.242 e. The molecule has 0 heterocycles. The third-order valence-electron chi connectivity index (χ3n) is 1.77. The summed E-state index contributed by atoms with van der Waals surface area (Å²) in [5.41, 5.74) is 1.35. The number of nitrogens with one attached hydrogen (secondary N) is 1. The lowest BCUT2D eigenvalue weighted by molar-refractivity contribution is -0.115. The van der Waals surface area contributed by atoms with Crippen LogP contribution in [0.3, 0.4) is 0 Å². The molecule has 0 bridgehead atoms. The SMILES string of the molecule is Cc1ccc(O)c(NC(=O)[C@@H](C)Cl)c1. The van der Waals surface area contributed by atoms with E-state index in [1.165, 1.54) is 6.07 Å². The molecular weight excluding hydrogens is 202 g/mol. The monoisotopic (exact) mass is 213 g/mol. The molecule has 0 aliphatic rings. The van der Waals surface area contributed by atoms with Crippen LogP contribution < -0.4 is 5.32 Å². The van der Waals surface area contributed by atoms with Gasteiger partial charge in [0, 0.05) is 0 Å². The molecule has 0 aliphatic heterocycles. The molecule has 1 atom stereocenters. The minimum Gasteiger partial charge on any atom is -0.506 e. The number of hydrogen-bond acceptors (Lipinski definition) is 2. The van der Waals surface area contributed by atoms with Crippen LogP contribution in [0.15, 0.2) is 18.2 Å². The van der Waals surface area contributed by atoms with Crippen LogP contribution in [0.5, 0.6) is 5.75 Å². The first kappa shape index (κ1) is 10.9. The molecule has 0 unspecified atom stereocenters. The van der Waals surface area contributed by atoms with Crippen molar-refractivity contribution in [1.82, 2.24) is 0 Å². The van der Waals surface area contributed by atoms with Crippen molar-refractivity contribution in [3.8, 4) is 5.75 Å². The van der Waals surface area contributed by atoms with Gasteiger partial charge in [-0.05, 0) is 31.5 Å². The van der Waals surface area contributed by atoms with Gasteiger partial charge in [-0.15, -0.1) is 11.6 Å². The zero-order valence-electron chi connectivity index (χ0n) is 8.04. The maximum Gasteiger partial charge on any atom is 0.242 e. The van der Waals surface area contributed by atoms with Gasteiger partial charge in [-0.1, -0.05) is 6.07 Å². The van der Waals surface area contributed by atoms with Crippen LogP contribution in [0.4, 0.5) is 5.69 Å². The van der Waals surface area contributed by atoms with Gasteiger partial charge in [-0.3, -0.25) is 4.79 Å². The first-order chi connectivity index (χ1) is 6.50. The van der Waals surface area contributed by atoms with E-state index in [0.717, 1.165) is 5.56 Å². The summed E-state index contributed by atoms with van der Waals surface area (Å²) in [6.07, 6.45) is 0. The second-order valence-electron chi connectivity index (χ2n) is 3.13. The summed E-state index contributed by atoms with van der Waals surface area (Å²) in [6.45, 7) is 3.45. The summed E-state index contributed by atoms with van der Waals surface area (Å²) >= 11 is 5.58. The standard InChI is InChI=1S/C10H12ClNO2/c1-6-3-4-9(13)8(5-6)12-10(14)7(2)11/h3-5,7,13H,1-2H3,(H,12,14)/t7-/m1/s1. The normalized spacial score (nSPS) is 12.2. The second kappa shape index (κ2) is 4.33. The fourth-order valence-corrected chi connectivity index (χ4v) is 1.04. The van der Waals surface area contributed by atoms with Gasteiger partial charge in [0.05, 0.1) is 5.69 Å². The van der Waals surface area contributed by atoms with E-state index in [4.69, 9.17) is 11.6 Å². The Labute approximate surface area is 87.7 Å². The van der Waals surface area contributed by atoms with Crippen molar-refractivity contribution in [2.75, 3.05) is 5.32 Å². The van der Waals surface area contributed by atoms with Gasteiger partial charge in [-0.2, -0.15) is 0 Å². The highest BCUT2D eigenvalue weighted by Crippen LogP contribution is 2.24. The average Bonchev–Trinajstić information content (AvgIpc) is 2.11. The van der Waals surface area contributed by atoms with Gasteiger partial charge in [0.2, 0.25) is 5.91 Å². The summed E-state index contributed by atoms with van der Waals surface area (Å²) in [7, 11) is 0. The predicted octanol–water partition coefficient (Wildman–Crippen LogP) is 2.27. The number of hydrogen-bond donors (Lipinski definition) is 2. The molecule has 4 heteroatoms. The molecule has 0 spiro atoms. The van der Waals surface area contributed by atoms with Gasteiger partial charge in [0.15, 0.2) is 0 Å². The molecule has 0 saturated heterocycles. The van der Waals surface area contributed by atoms with Gasteiger partial charge in [-0.25, -0.2) is 0 Å². The molecule has 1 amide bonds. The lowest BCUT2D eigenvalue weighted by Crippen LogP contribution is -2.20. The quantitative estimate of drug-likeness (QED) is 0.585. The third-order valence-corrected chi connectivity index (χ3v) is 1.97. The molecule has 0 saturated carbocycles. The number of alkyl halides is 1. The van der Waals surface area contributed by atoms with Crippen molar-refractivity contribution < 1.29 is 9.90 Å². The van der Waals surface area contributed by atoms with Gasteiger partial charge in [0.25, 0.3) is 0 Å². The number of amides is 1. The summed E-state index contributed by atoms with van der Waals surface area (Å²) < 4.78 is 0. The lowest BCUT2D eigenvalue weighted by atomic mass is 10.2. The molecule has 1 rings (SSSR count). The highest BCUT2D eigenvalue weighted by Gasteiger charge is 2.11. The van der Waals surface area contributed by atoms with E-state index >= 15 is 0 Å². The predicted molar refractivity (Wildman–Crippen MR) is 56.8 cm³/mol. The number of aryl methyl sites for hydroxylation is 1. The molecule has 76 valence electrons. The molecule has 0 fully saturated rings. The van der Waals surface area contributed by atoms with Crippen molar-refractivity contribution in [3.05, 3.63) is 23.8 Å². The molecule has 1 aromatic rings. The van der Waals surface area contributed by atoms with Crippen molar-refractivity contribution >= 4 is 23.2 Å². The number of benzene rings is 1. The van der Waals surface area contributed by atoms with Gasteiger partial charge >= 0.3 is 0 Å². The Balaban J connectivity index is 2.86. The largest absolute Gasteiger partial charge is 0.506 e. The van der Waals surface area contributed by atoms with Crippen molar-refractivity contribution in [1.29, 1.82) is 0 Å². The van der Waals surface area contributed by atoms with E-state index in [1.54, 1.807) is 19.1 Å². The van der Waals surface area contributed by atoms with E-state index in [9.17, 15) is 9.90 Å². The zero-order chi connectivity index (χ0) is 10.7. The van der Waals surface area contributed by atoms with E-state index in [-0.39, 0.29) is 11.7 Å². The van der Waals surface area contributed by atoms with Crippen LogP contribution in [0.25, 0.3) is 0 Å². The van der Waals surface area contributed by atoms with Crippen molar-refractivity contribution in [2.45, 2.75) is 19.2 Å². The van der Waals surface area contributed by atoms with E-state index in [2.05, 4.69) is 5.32 Å². The van der Waals surface area contributed by atoms with E-state index in [1.807, 2.05) is 6.92 Å². The molecule has 1 aromatic carbocycles. The maximum atomic E-state index is 11.2. The third kappa shape index (κ3) is 2.64. The number of phenolic OH excluding ortho intramolecular Hbond substituents is 1. The van der Waals surface area contributed by atoms with Gasteiger partial charge in [0.1, 0.15) is 11.1 Å². The fourth-order valence-electron chi connectivity index (χ4n) is 0.982. The molecule has 3 nitrogen and oxygen atoms in total. The Morgan fingerprint density at radius 1 is 1.57 bits per heavy atom. The fraction of sp³-hybridized carbons (Fsp3) is 0.300.